The Balaban J connectivity index is 1.56. The number of benzene rings is 1. The van der Waals surface area contributed by atoms with Crippen molar-refractivity contribution in [1.29, 1.82) is 0 Å². The van der Waals surface area contributed by atoms with Crippen molar-refractivity contribution in [2.75, 3.05) is 0 Å². The summed E-state index contributed by atoms with van der Waals surface area (Å²) in [5.41, 5.74) is 3.61. The van der Waals surface area contributed by atoms with Gasteiger partial charge in [-0.2, -0.15) is 0 Å². The predicted octanol–water partition coefficient (Wildman–Crippen LogP) is 3.90. The highest BCUT2D eigenvalue weighted by atomic mass is 19.1. The number of nitrogens with two attached hydrogens (primary N) is 1. The van der Waals surface area contributed by atoms with E-state index >= 15 is 0 Å². The summed E-state index contributed by atoms with van der Waals surface area (Å²) in [6.07, 6.45) is 6.52. The van der Waals surface area contributed by atoms with E-state index in [0.29, 0.717) is 0 Å². The largest absolute Gasteiger partial charge is 0.459 e. The standard InChI is InChI=1S/C17H21FN2O/c18-14-3-4-16-13(7-14)9-17(21-16)15(20-19)8-12-6-10-1-2-11(12)5-10/h3-4,7,9-12,15,20H,1-2,5-6,8,19H2. The summed E-state index contributed by atoms with van der Waals surface area (Å²) in [4.78, 5) is 0. The number of nitrogens with one attached hydrogen (secondary N) is 1. The third kappa shape index (κ3) is 2.36. The van der Waals surface area contributed by atoms with E-state index in [-0.39, 0.29) is 11.9 Å². The summed E-state index contributed by atoms with van der Waals surface area (Å²) in [5.74, 6) is 8.88. The molecule has 3 nitrogen and oxygen atoms in total. The number of hydrazine groups is 1. The maximum atomic E-state index is 13.3. The van der Waals surface area contributed by atoms with Crippen molar-refractivity contribution in [3.05, 3.63) is 35.8 Å². The molecule has 2 fully saturated rings. The highest BCUT2D eigenvalue weighted by molar-refractivity contribution is 5.78. The fourth-order valence-corrected chi connectivity index (χ4v) is 4.44. The van der Waals surface area contributed by atoms with Crippen LogP contribution in [0.2, 0.25) is 0 Å². The minimum atomic E-state index is -0.236. The Morgan fingerprint density at radius 2 is 2.19 bits per heavy atom. The third-order valence-corrected chi connectivity index (χ3v) is 5.47. The maximum absolute atomic E-state index is 13.3. The zero-order valence-electron chi connectivity index (χ0n) is 12.0. The first-order chi connectivity index (χ1) is 10.2. The summed E-state index contributed by atoms with van der Waals surface area (Å²) >= 11 is 0. The number of halogens is 1. The Morgan fingerprint density at radius 1 is 1.29 bits per heavy atom. The molecule has 3 N–H and O–H groups in total. The minimum Gasteiger partial charge on any atom is -0.459 e. The highest BCUT2D eigenvalue weighted by Gasteiger charge is 2.40. The van der Waals surface area contributed by atoms with Gasteiger partial charge in [0.2, 0.25) is 0 Å². The lowest BCUT2D eigenvalue weighted by Crippen LogP contribution is -2.30. The van der Waals surface area contributed by atoms with Gasteiger partial charge in [-0.25, -0.2) is 9.82 Å². The van der Waals surface area contributed by atoms with Gasteiger partial charge >= 0.3 is 0 Å². The molecule has 0 radical (unpaired) electrons. The Morgan fingerprint density at radius 3 is 2.90 bits per heavy atom. The fraction of sp³-hybridized carbons (Fsp3) is 0.529. The SMILES string of the molecule is NNC(CC1CC2CCC1C2)c1cc2cc(F)ccc2o1. The number of furan rings is 1. The summed E-state index contributed by atoms with van der Waals surface area (Å²) in [7, 11) is 0. The number of fused-ring (bicyclic) bond motifs is 3. The first-order valence-electron chi connectivity index (χ1n) is 7.88. The lowest BCUT2D eigenvalue weighted by molar-refractivity contribution is 0.266. The third-order valence-electron chi connectivity index (χ3n) is 5.47. The normalized spacial score (nSPS) is 29.3. The van der Waals surface area contributed by atoms with Gasteiger partial charge in [0.15, 0.2) is 0 Å². The van der Waals surface area contributed by atoms with Crippen LogP contribution in [0.15, 0.2) is 28.7 Å². The zero-order chi connectivity index (χ0) is 14.4. The van der Waals surface area contributed by atoms with Crippen molar-refractivity contribution < 1.29 is 8.81 Å². The summed E-state index contributed by atoms with van der Waals surface area (Å²) < 4.78 is 19.1. The van der Waals surface area contributed by atoms with Crippen molar-refractivity contribution in [2.45, 2.75) is 38.1 Å². The van der Waals surface area contributed by atoms with Gasteiger partial charge in [-0.05, 0) is 67.7 Å². The van der Waals surface area contributed by atoms with Crippen molar-refractivity contribution in [3.63, 3.8) is 0 Å². The van der Waals surface area contributed by atoms with Crippen LogP contribution in [0.1, 0.15) is 43.9 Å². The van der Waals surface area contributed by atoms with E-state index in [1.807, 2.05) is 6.07 Å². The van der Waals surface area contributed by atoms with Crippen LogP contribution >= 0.6 is 0 Å². The van der Waals surface area contributed by atoms with Gasteiger partial charge in [-0.15, -0.1) is 0 Å². The quantitative estimate of drug-likeness (QED) is 0.662. The van der Waals surface area contributed by atoms with Gasteiger partial charge < -0.3 is 4.42 Å². The van der Waals surface area contributed by atoms with Crippen molar-refractivity contribution in [3.8, 4) is 0 Å². The topological polar surface area (TPSA) is 51.2 Å². The van der Waals surface area contributed by atoms with Crippen LogP contribution in [0.4, 0.5) is 4.39 Å². The first-order valence-corrected chi connectivity index (χ1v) is 7.88. The van der Waals surface area contributed by atoms with Crippen molar-refractivity contribution in [1.82, 2.24) is 5.43 Å². The monoisotopic (exact) mass is 288 g/mol. The second-order valence-electron chi connectivity index (χ2n) is 6.72. The van der Waals surface area contributed by atoms with Crippen molar-refractivity contribution >= 4 is 11.0 Å². The van der Waals surface area contributed by atoms with E-state index in [2.05, 4.69) is 5.43 Å². The molecule has 21 heavy (non-hydrogen) atoms. The number of hydrogen-bond donors (Lipinski definition) is 2. The number of hydrogen-bond acceptors (Lipinski definition) is 3. The highest BCUT2D eigenvalue weighted by Crippen LogP contribution is 2.51. The molecule has 1 aromatic heterocycles. The molecule has 2 aliphatic carbocycles. The van der Waals surface area contributed by atoms with Crippen LogP contribution in [-0.4, -0.2) is 0 Å². The van der Waals surface area contributed by atoms with Crippen LogP contribution < -0.4 is 11.3 Å². The number of rotatable bonds is 4. The lowest BCUT2D eigenvalue weighted by Gasteiger charge is -2.25. The van der Waals surface area contributed by atoms with Crippen LogP contribution in [-0.2, 0) is 0 Å². The van der Waals surface area contributed by atoms with Gasteiger partial charge in [0.25, 0.3) is 0 Å². The molecule has 0 spiro atoms. The molecule has 4 unspecified atom stereocenters. The van der Waals surface area contributed by atoms with E-state index in [9.17, 15) is 4.39 Å². The second kappa shape index (κ2) is 5.11. The molecule has 4 atom stereocenters. The second-order valence-corrected chi connectivity index (χ2v) is 6.72. The minimum absolute atomic E-state index is 0.0183. The zero-order valence-corrected chi connectivity index (χ0v) is 12.0. The summed E-state index contributed by atoms with van der Waals surface area (Å²) in [6, 6.07) is 6.55. The average Bonchev–Trinajstić information content (AvgIpc) is 3.18. The molecule has 4 rings (SSSR count). The van der Waals surface area contributed by atoms with E-state index in [4.69, 9.17) is 10.3 Å². The Bertz CT molecular complexity index is 653. The molecule has 0 aliphatic heterocycles. The molecule has 2 saturated carbocycles. The van der Waals surface area contributed by atoms with E-state index in [1.54, 1.807) is 6.07 Å². The average molecular weight is 288 g/mol. The van der Waals surface area contributed by atoms with Gasteiger partial charge in [0.1, 0.15) is 17.2 Å². The summed E-state index contributed by atoms with van der Waals surface area (Å²) in [6.45, 7) is 0. The maximum Gasteiger partial charge on any atom is 0.134 e. The molecule has 0 saturated heterocycles. The van der Waals surface area contributed by atoms with Crippen LogP contribution in [0.25, 0.3) is 11.0 Å². The Kier molecular flexibility index (Phi) is 3.23. The first kappa shape index (κ1) is 13.3. The molecule has 2 aliphatic rings. The van der Waals surface area contributed by atoms with Gasteiger partial charge in [0, 0.05) is 5.39 Å². The molecule has 4 heteroatoms. The van der Waals surface area contributed by atoms with Crippen LogP contribution in [0.5, 0.6) is 0 Å². The van der Waals surface area contributed by atoms with Crippen LogP contribution in [0, 0.1) is 23.6 Å². The molecular weight excluding hydrogens is 267 g/mol. The smallest absolute Gasteiger partial charge is 0.134 e. The predicted molar refractivity (Wildman–Crippen MR) is 79.8 cm³/mol. The molecule has 1 heterocycles. The van der Waals surface area contributed by atoms with E-state index < -0.39 is 0 Å². The lowest BCUT2D eigenvalue weighted by atomic mass is 9.84. The molecule has 2 bridgehead atoms. The molecule has 112 valence electrons. The molecule has 2 aromatic rings. The van der Waals surface area contributed by atoms with E-state index in [1.165, 1.54) is 37.8 Å². The summed E-state index contributed by atoms with van der Waals surface area (Å²) in [5, 5.41) is 0.804. The molecular formula is C17H21FN2O. The van der Waals surface area contributed by atoms with Gasteiger partial charge in [0.05, 0.1) is 6.04 Å². The van der Waals surface area contributed by atoms with Crippen molar-refractivity contribution in [2.24, 2.45) is 23.6 Å². The Labute approximate surface area is 123 Å². The fourth-order valence-electron chi connectivity index (χ4n) is 4.44. The van der Waals surface area contributed by atoms with Gasteiger partial charge in [-0.1, -0.05) is 6.42 Å². The molecule has 0 amide bonds. The van der Waals surface area contributed by atoms with Crippen LogP contribution in [0.3, 0.4) is 0 Å². The van der Waals surface area contributed by atoms with Gasteiger partial charge in [-0.3, -0.25) is 5.84 Å². The molecule has 1 aromatic carbocycles. The Hall–Kier alpha value is -1.39. The van der Waals surface area contributed by atoms with E-state index in [0.717, 1.165) is 40.9 Å².